The Morgan fingerprint density at radius 1 is 1.40 bits per heavy atom. The van der Waals surface area contributed by atoms with E-state index < -0.39 is 0 Å². The molecule has 86 valence electrons. The van der Waals surface area contributed by atoms with Gasteiger partial charge in [-0.25, -0.2) is 4.79 Å². The van der Waals surface area contributed by atoms with Crippen LogP contribution in [0.5, 0.6) is 0 Å². The molecule has 2 saturated heterocycles. The highest BCUT2D eigenvalue weighted by Crippen LogP contribution is 2.21. The molecule has 0 spiro atoms. The monoisotopic (exact) mass is 211 g/mol. The fourth-order valence-corrected chi connectivity index (χ4v) is 2.54. The molecule has 4 heteroatoms. The number of carbonyl (C=O) groups is 1. The van der Waals surface area contributed by atoms with E-state index in [1.807, 2.05) is 18.9 Å². The minimum absolute atomic E-state index is 0.198. The highest BCUT2D eigenvalue weighted by molar-refractivity contribution is 5.74. The normalized spacial score (nSPS) is 26.5. The summed E-state index contributed by atoms with van der Waals surface area (Å²) in [7, 11) is 1.88. The van der Waals surface area contributed by atoms with Gasteiger partial charge in [-0.2, -0.15) is 0 Å². The molecule has 0 aromatic rings. The maximum atomic E-state index is 12.0. The van der Waals surface area contributed by atoms with Gasteiger partial charge in [-0.1, -0.05) is 0 Å². The van der Waals surface area contributed by atoms with Crippen LogP contribution in [0.2, 0.25) is 0 Å². The highest BCUT2D eigenvalue weighted by Gasteiger charge is 2.32. The highest BCUT2D eigenvalue weighted by atomic mass is 16.2. The summed E-state index contributed by atoms with van der Waals surface area (Å²) in [5.74, 6) is 0. The number of carbonyl (C=O) groups excluding carboxylic acids is 1. The van der Waals surface area contributed by atoms with Crippen molar-refractivity contribution in [1.29, 1.82) is 0 Å². The van der Waals surface area contributed by atoms with Crippen LogP contribution in [0.3, 0.4) is 0 Å². The molecule has 4 nitrogen and oxygen atoms in total. The molecule has 2 heterocycles. The first-order valence-electron chi connectivity index (χ1n) is 5.96. The average molecular weight is 211 g/mol. The molecule has 2 aliphatic heterocycles. The van der Waals surface area contributed by atoms with E-state index in [9.17, 15) is 4.79 Å². The van der Waals surface area contributed by atoms with Crippen LogP contribution in [-0.2, 0) is 0 Å². The summed E-state index contributed by atoms with van der Waals surface area (Å²) in [6, 6.07) is 0.831. The molecule has 1 unspecified atom stereocenters. The first kappa shape index (κ1) is 10.7. The zero-order valence-corrected chi connectivity index (χ0v) is 9.78. The van der Waals surface area contributed by atoms with Gasteiger partial charge >= 0.3 is 6.03 Å². The van der Waals surface area contributed by atoms with Crippen molar-refractivity contribution in [3.05, 3.63) is 0 Å². The summed E-state index contributed by atoms with van der Waals surface area (Å²) in [4.78, 5) is 18.3. The third kappa shape index (κ3) is 2.09. The van der Waals surface area contributed by atoms with Crippen molar-refractivity contribution < 1.29 is 4.79 Å². The zero-order chi connectivity index (χ0) is 10.8. The third-order valence-corrected chi connectivity index (χ3v) is 3.66. The van der Waals surface area contributed by atoms with Gasteiger partial charge in [0.25, 0.3) is 0 Å². The number of urea groups is 1. The van der Waals surface area contributed by atoms with Crippen LogP contribution < -0.4 is 0 Å². The summed E-state index contributed by atoms with van der Waals surface area (Å²) in [6.45, 7) is 6.94. The molecule has 1 atom stereocenters. The second-order valence-corrected chi connectivity index (χ2v) is 4.57. The summed E-state index contributed by atoms with van der Waals surface area (Å²) in [6.07, 6.45) is 2.57. The van der Waals surface area contributed by atoms with Crippen LogP contribution in [0.4, 0.5) is 4.79 Å². The molecule has 2 aliphatic rings. The minimum atomic E-state index is 0.198. The number of amides is 2. The molecule has 0 N–H and O–H groups in total. The molecular formula is C11H21N3O. The Labute approximate surface area is 91.8 Å². The van der Waals surface area contributed by atoms with E-state index in [-0.39, 0.29) is 6.03 Å². The fraction of sp³-hybridized carbons (Fsp3) is 0.909. The van der Waals surface area contributed by atoms with E-state index in [1.54, 1.807) is 4.90 Å². The maximum absolute atomic E-state index is 12.0. The quantitative estimate of drug-likeness (QED) is 0.642. The molecule has 0 saturated carbocycles. The number of rotatable bonds is 1. The minimum Gasteiger partial charge on any atom is -0.328 e. The van der Waals surface area contributed by atoms with Gasteiger partial charge in [-0.05, 0) is 26.3 Å². The Morgan fingerprint density at radius 2 is 2.20 bits per heavy atom. The number of hydrogen-bond acceptors (Lipinski definition) is 2. The van der Waals surface area contributed by atoms with E-state index in [1.165, 1.54) is 19.4 Å². The second-order valence-electron chi connectivity index (χ2n) is 4.57. The molecule has 15 heavy (non-hydrogen) atoms. The van der Waals surface area contributed by atoms with Crippen LogP contribution in [0.25, 0.3) is 0 Å². The largest absolute Gasteiger partial charge is 0.328 e. The van der Waals surface area contributed by atoms with Crippen molar-refractivity contribution >= 4 is 6.03 Å². The summed E-state index contributed by atoms with van der Waals surface area (Å²) in [5, 5.41) is 0. The number of nitrogens with zero attached hydrogens (tertiary/aromatic N) is 3. The van der Waals surface area contributed by atoms with E-state index in [0.717, 1.165) is 26.2 Å². The molecule has 2 amide bonds. The molecule has 2 rings (SSSR count). The van der Waals surface area contributed by atoms with Crippen molar-refractivity contribution in [3.63, 3.8) is 0 Å². The summed E-state index contributed by atoms with van der Waals surface area (Å²) < 4.78 is 0. The van der Waals surface area contributed by atoms with Crippen LogP contribution in [0, 0.1) is 0 Å². The van der Waals surface area contributed by atoms with Gasteiger partial charge in [0, 0.05) is 39.3 Å². The van der Waals surface area contributed by atoms with E-state index in [0.29, 0.717) is 6.04 Å². The van der Waals surface area contributed by atoms with Crippen molar-refractivity contribution in [1.82, 2.24) is 14.7 Å². The van der Waals surface area contributed by atoms with Crippen molar-refractivity contribution in [2.45, 2.75) is 25.8 Å². The Balaban J connectivity index is 1.92. The second kappa shape index (κ2) is 4.39. The Kier molecular flexibility index (Phi) is 3.14. The predicted octanol–water partition coefficient (Wildman–Crippen LogP) is 0.838. The Morgan fingerprint density at radius 3 is 2.93 bits per heavy atom. The molecule has 0 bridgehead atoms. The lowest BCUT2D eigenvalue weighted by Crippen LogP contribution is -2.54. The lowest BCUT2D eigenvalue weighted by molar-refractivity contribution is 0.101. The molecule has 2 fully saturated rings. The SMILES string of the molecule is CCN(C)C(=O)N1CCN2CCCC2C1. The van der Waals surface area contributed by atoms with Crippen molar-refractivity contribution in [2.24, 2.45) is 0 Å². The van der Waals surface area contributed by atoms with Gasteiger partial charge < -0.3 is 9.80 Å². The standard InChI is InChI=1S/C11H21N3O/c1-3-12(2)11(15)14-8-7-13-6-4-5-10(13)9-14/h10H,3-9H2,1-2H3. The first-order valence-corrected chi connectivity index (χ1v) is 5.96. The first-order chi connectivity index (χ1) is 7.22. The smallest absolute Gasteiger partial charge is 0.319 e. The lowest BCUT2D eigenvalue weighted by Gasteiger charge is -2.38. The van der Waals surface area contributed by atoms with Crippen LogP contribution in [0.1, 0.15) is 19.8 Å². The van der Waals surface area contributed by atoms with Gasteiger partial charge in [0.1, 0.15) is 0 Å². The molecule has 0 aromatic heterocycles. The molecular weight excluding hydrogens is 190 g/mol. The maximum Gasteiger partial charge on any atom is 0.319 e. The van der Waals surface area contributed by atoms with Gasteiger partial charge in [-0.3, -0.25) is 4.90 Å². The van der Waals surface area contributed by atoms with E-state index in [2.05, 4.69) is 4.90 Å². The van der Waals surface area contributed by atoms with Gasteiger partial charge in [-0.15, -0.1) is 0 Å². The topological polar surface area (TPSA) is 26.8 Å². The predicted molar refractivity (Wildman–Crippen MR) is 59.9 cm³/mol. The summed E-state index contributed by atoms with van der Waals surface area (Å²) >= 11 is 0. The van der Waals surface area contributed by atoms with Crippen molar-refractivity contribution in [3.8, 4) is 0 Å². The zero-order valence-electron chi connectivity index (χ0n) is 9.78. The van der Waals surface area contributed by atoms with Crippen molar-refractivity contribution in [2.75, 3.05) is 39.8 Å². The van der Waals surface area contributed by atoms with Crippen LogP contribution in [0.15, 0.2) is 0 Å². The molecule has 0 radical (unpaired) electrons. The van der Waals surface area contributed by atoms with E-state index in [4.69, 9.17) is 0 Å². The van der Waals surface area contributed by atoms with Gasteiger partial charge in [0.2, 0.25) is 0 Å². The molecule has 0 aliphatic carbocycles. The van der Waals surface area contributed by atoms with E-state index >= 15 is 0 Å². The van der Waals surface area contributed by atoms with Crippen LogP contribution >= 0.6 is 0 Å². The third-order valence-electron chi connectivity index (χ3n) is 3.66. The Hall–Kier alpha value is -0.770. The molecule has 0 aromatic carbocycles. The fourth-order valence-electron chi connectivity index (χ4n) is 2.54. The van der Waals surface area contributed by atoms with Gasteiger partial charge in [0.15, 0.2) is 0 Å². The Bertz CT molecular complexity index is 244. The van der Waals surface area contributed by atoms with Gasteiger partial charge in [0.05, 0.1) is 0 Å². The van der Waals surface area contributed by atoms with Crippen LogP contribution in [-0.4, -0.2) is 66.5 Å². The number of piperazine rings is 1. The number of fused-ring (bicyclic) bond motifs is 1. The lowest BCUT2D eigenvalue weighted by atomic mass is 10.1. The average Bonchev–Trinajstić information content (AvgIpc) is 2.73. The number of hydrogen-bond donors (Lipinski definition) is 0. The summed E-state index contributed by atoms with van der Waals surface area (Å²) in [5.41, 5.74) is 0.